The predicted octanol–water partition coefficient (Wildman–Crippen LogP) is 3.36. The minimum atomic E-state index is -0.790. The van der Waals surface area contributed by atoms with Gasteiger partial charge in [0.25, 0.3) is 0 Å². The van der Waals surface area contributed by atoms with Gasteiger partial charge in [-0.1, -0.05) is 30.3 Å². The number of nitrogens with zero attached hydrogens (tertiary/aromatic N) is 1. The van der Waals surface area contributed by atoms with Gasteiger partial charge >= 0.3 is 6.03 Å². The van der Waals surface area contributed by atoms with Gasteiger partial charge in [0.1, 0.15) is 11.6 Å². The van der Waals surface area contributed by atoms with Crippen molar-refractivity contribution in [2.75, 3.05) is 18.4 Å². The van der Waals surface area contributed by atoms with Gasteiger partial charge in [-0.25, -0.2) is 13.6 Å². The fraction of sp³-hybridized carbons (Fsp3) is 0.278. The Morgan fingerprint density at radius 3 is 2.71 bits per heavy atom. The van der Waals surface area contributed by atoms with Crippen molar-refractivity contribution in [1.82, 2.24) is 10.2 Å². The Kier molecular flexibility index (Phi) is 5.05. The summed E-state index contributed by atoms with van der Waals surface area (Å²) < 4.78 is 26.4. The Balaban J connectivity index is 1.49. The van der Waals surface area contributed by atoms with Crippen LogP contribution in [0.15, 0.2) is 48.5 Å². The van der Waals surface area contributed by atoms with Gasteiger partial charge in [0.05, 0.1) is 5.69 Å². The van der Waals surface area contributed by atoms with Crippen molar-refractivity contribution in [2.24, 2.45) is 0 Å². The second-order valence-corrected chi connectivity index (χ2v) is 5.93. The average molecular weight is 331 g/mol. The molecule has 1 atom stereocenters. The van der Waals surface area contributed by atoms with Gasteiger partial charge in [-0.2, -0.15) is 0 Å². The minimum absolute atomic E-state index is 0.0113. The normalized spacial score (nSPS) is 17.7. The van der Waals surface area contributed by atoms with Crippen molar-refractivity contribution >= 4 is 11.7 Å². The van der Waals surface area contributed by atoms with Crippen LogP contribution in [0.4, 0.5) is 19.3 Å². The zero-order chi connectivity index (χ0) is 16.9. The first-order chi connectivity index (χ1) is 11.6. The fourth-order valence-electron chi connectivity index (χ4n) is 2.87. The van der Waals surface area contributed by atoms with E-state index in [1.54, 1.807) is 0 Å². The number of rotatable bonds is 4. The molecule has 0 spiro atoms. The highest BCUT2D eigenvalue weighted by molar-refractivity contribution is 5.89. The first kappa shape index (κ1) is 16.4. The number of hydrogen-bond acceptors (Lipinski definition) is 2. The van der Waals surface area contributed by atoms with Crippen LogP contribution in [0.2, 0.25) is 0 Å². The molecule has 0 aromatic heterocycles. The third-order valence-electron chi connectivity index (χ3n) is 4.04. The van der Waals surface area contributed by atoms with Crippen LogP contribution in [0.25, 0.3) is 0 Å². The molecule has 1 saturated heterocycles. The minimum Gasteiger partial charge on any atom is -0.334 e. The number of carbonyl (C=O) groups is 1. The quantitative estimate of drug-likeness (QED) is 0.902. The van der Waals surface area contributed by atoms with Crippen molar-refractivity contribution in [1.29, 1.82) is 0 Å². The smallest absolute Gasteiger partial charge is 0.319 e. The molecule has 1 unspecified atom stereocenters. The molecule has 126 valence electrons. The lowest BCUT2D eigenvalue weighted by Gasteiger charge is -2.17. The standard InChI is InChI=1S/C18H19F2N3O/c19-14-6-7-17(16(20)10-14)22-18(24)21-15-8-9-23(12-15)11-13-4-2-1-3-5-13/h1-7,10,15H,8-9,11-12H2,(H2,21,22,24). The topological polar surface area (TPSA) is 44.4 Å². The van der Waals surface area contributed by atoms with E-state index in [1.165, 1.54) is 11.6 Å². The summed E-state index contributed by atoms with van der Waals surface area (Å²) in [6.07, 6.45) is 0.839. The predicted molar refractivity (Wildman–Crippen MR) is 88.6 cm³/mol. The van der Waals surface area contributed by atoms with E-state index in [0.29, 0.717) is 0 Å². The van der Waals surface area contributed by atoms with E-state index in [2.05, 4.69) is 27.7 Å². The van der Waals surface area contributed by atoms with Crippen LogP contribution in [0.1, 0.15) is 12.0 Å². The number of carbonyl (C=O) groups excluding carboxylic acids is 1. The number of halogens is 2. The van der Waals surface area contributed by atoms with E-state index >= 15 is 0 Å². The number of urea groups is 1. The third-order valence-corrected chi connectivity index (χ3v) is 4.04. The Labute approximate surface area is 139 Å². The number of amides is 2. The molecule has 0 aliphatic carbocycles. The molecule has 0 saturated carbocycles. The van der Waals surface area contributed by atoms with Crippen LogP contribution in [-0.2, 0) is 6.54 Å². The fourth-order valence-corrected chi connectivity index (χ4v) is 2.87. The molecule has 2 aromatic rings. The Morgan fingerprint density at radius 2 is 1.96 bits per heavy atom. The number of hydrogen-bond donors (Lipinski definition) is 2. The van der Waals surface area contributed by atoms with E-state index in [-0.39, 0.29) is 11.7 Å². The molecule has 24 heavy (non-hydrogen) atoms. The molecule has 6 heteroatoms. The maximum absolute atomic E-state index is 13.5. The molecular formula is C18H19F2N3O. The molecule has 2 N–H and O–H groups in total. The lowest BCUT2D eigenvalue weighted by molar-refractivity contribution is 0.247. The summed E-state index contributed by atoms with van der Waals surface area (Å²) in [5, 5.41) is 5.25. The van der Waals surface area contributed by atoms with Gasteiger partial charge in [-0.3, -0.25) is 4.90 Å². The lowest BCUT2D eigenvalue weighted by atomic mass is 10.2. The maximum Gasteiger partial charge on any atom is 0.319 e. The lowest BCUT2D eigenvalue weighted by Crippen LogP contribution is -2.39. The zero-order valence-electron chi connectivity index (χ0n) is 13.1. The second-order valence-electron chi connectivity index (χ2n) is 5.93. The first-order valence-electron chi connectivity index (χ1n) is 7.89. The largest absolute Gasteiger partial charge is 0.334 e. The van der Waals surface area contributed by atoms with Crippen molar-refractivity contribution in [3.05, 3.63) is 65.7 Å². The summed E-state index contributed by atoms with van der Waals surface area (Å²) in [6.45, 7) is 2.48. The molecule has 1 aliphatic heterocycles. The Hall–Kier alpha value is -2.47. The second kappa shape index (κ2) is 7.40. The molecule has 4 nitrogen and oxygen atoms in total. The molecule has 1 heterocycles. The molecule has 2 amide bonds. The van der Waals surface area contributed by atoms with Gasteiger partial charge < -0.3 is 10.6 Å². The van der Waals surface area contributed by atoms with E-state index in [4.69, 9.17) is 0 Å². The van der Waals surface area contributed by atoms with Crippen LogP contribution >= 0.6 is 0 Å². The molecule has 1 fully saturated rings. The van der Waals surface area contributed by atoms with Gasteiger partial charge in [0, 0.05) is 31.7 Å². The summed E-state index contributed by atoms with van der Waals surface area (Å²) in [4.78, 5) is 14.2. The first-order valence-corrected chi connectivity index (χ1v) is 7.89. The SMILES string of the molecule is O=C(Nc1ccc(F)cc1F)NC1CCN(Cc2ccccc2)C1. The van der Waals surface area contributed by atoms with Crippen molar-refractivity contribution in [3.63, 3.8) is 0 Å². The zero-order valence-corrected chi connectivity index (χ0v) is 13.1. The van der Waals surface area contributed by atoms with E-state index in [9.17, 15) is 13.6 Å². The van der Waals surface area contributed by atoms with E-state index in [1.807, 2.05) is 18.2 Å². The third kappa shape index (κ3) is 4.29. The van der Waals surface area contributed by atoms with Gasteiger partial charge in [-0.15, -0.1) is 0 Å². The maximum atomic E-state index is 13.5. The summed E-state index contributed by atoms with van der Waals surface area (Å²) in [5.41, 5.74) is 1.20. The van der Waals surface area contributed by atoms with Crippen molar-refractivity contribution in [3.8, 4) is 0 Å². The Morgan fingerprint density at radius 1 is 1.17 bits per heavy atom. The summed E-state index contributed by atoms with van der Waals surface area (Å²) in [7, 11) is 0. The average Bonchev–Trinajstić information content (AvgIpc) is 2.98. The van der Waals surface area contributed by atoms with Crippen molar-refractivity contribution in [2.45, 2.75) is 19.0 Å². The van der Waals surface area contributed by atoms with Crippen LogP contribution in [0, 0.1) is 11.6 Å². The van der Waals surface area contributed by atoms with Crippen LogP contribution in [-0.4, -0.2) is 30.1 Å². The van der Waals surface area contributed by atoms with Crippen LogP contribution < -0.4 is 10.6 Å². The van der Waals surface area contributed by atoms with Crippen LogP contribution in [0.5, 0.6) is 0 Å². The Bertz CT molecular complexity index is 709. The highest BCUT2D eigenvalue weighted by Gasteiger charge is 2.24. The summed E-state index contributed by atoms with van der Waals surface area (Å²) in [6, 6.07) is 12.7. The van der Waals surface area contributed by atoms with Gasteiger partial charge in [-0.05, 0) is 24.1 Å². The molecule has 2 aromatic carbocycles. The highest BCUT2D eigenvalue weighted by atomic mass is 19.1. The number of benzene rings is 2. The number of nitrogens with one attached hydrogen (secondary N) is 2. The van der Waals surface area contributed by atoms with E-state index in [0.717, 1.165) is 38.2 Å². The molecule has 0 bridgehead atoms. The summed E-state index contributed by atoms with van der Waals surface area (Å²) in [5.74, 6) is -1.46. The van der Waals surface area contributed by atoms with Crippen LogP contribution in [0.3, 0.4) is 0 Å². The van der Waals surface area contributed by atoms with Gasteiger partial charge in [0.15, 0.2) is 0 Å². The van der Waals surface area contributed by atoms with Gasteiger partial charge in [0.2, 0.25) is 0 Å². The number of likely N-dealkylation sites (tertiary alicyclic amines) is 1. The highest BCUT2D eigenvalue weighted by Crippen LogP contribution is 2.16. The summed E-state index contributed by atoms with van der Waals surface area (Å²) >= 11 is 0. The monoisotopic (exact) mass is 331 g/mol. The molecular weight excluding hydrogens is 312 g/mol. The van der Waals surface area contributed by atoms with E-state index < -0.39 is 17.7 Å². The van der Waals surface area contributed by atoms with Crippen molar-refractivity contribution < 1.29 is 13.6 Å². The molecule has 3 rings (SSSR count). The molecule has 1 aliphatic rings. The molecule has 0 radical (unpaired) electrons. The number of anilines is 1.